The summed E-state index contributed by atoms with van der Waals surface area (Å²) in [6.07, 6.45) is 2.35. The van der Waals surface area contributed by atoms with Crippen LogP contribution in [0, 0.1) is 0 Å². The summed E-state index contributed by atoms with van der Waals surface area (Å²) in [6.45, 7) is 1.00. The topological polar surface area (TPSA) is 12.4 Å². The second-order valence-electron chi connectivity index (χ2n) is 3.99. The van der Waals surface area contributed by atoms with Crippen LogP contribution in [0.1, 0.15) is 18.4 Å². The number of nitrogens with zero attached hydrogens (tertiary/aromatic N) is 1. The van der Waals surface area contributed by atoms with Crippen LogP contribution in [-0.4, -0.2) is 12.3 Å². The van der Waals surface area contributed by atoms with Crippen LogP contribution in [0.2, 0.25) is 0 Å². The Bertz CT molecular complexity index is 526. The zero-order valence-corrected chi connectivity index (χ0v) is 8.61. The fourth-order valence-corrected chi connectivity index (χ4v) is 2.14. The number of benzene rings is 2. The van der Waals surface area contributed by atoms with Gasteiger partial charge < -0.3 is 0 Å². The molecule has 0 saturated heterocycles. The van der Waals surface area contributed by atoms with Gasteiger partial charge in [0.05, 0.1) is 0 Å². The number of fused-ring (bicyclic) bond motifs is 1. The van der Waals surface area contributed by atoms with Crippen molar-refractivity contribution in [1.29, 1.82) is 0 Å². The average molecular weight is 195 g/mol. The van der Waals surface area contributed by atoms with Crippen molar-refractivity contribution in [3.63, 3.8) is 0 Å². The maximum atomic E-state index is 4.53. The van der Waals surface area contributed by atoms with E-state index >= 15 is 0 Å². The van der Waals surface area contributed by atoms with E-state index in [4.69, 9.17) is 0 Å². The maximum absolute atomic E-state index is 4.53. The van der Waals surface area contributed by atoms with Crippen molar-refractivity contribution in [3.05, 3.63) is 48.0 Å². The molecule has 0 spiro atoms. The summed E-state index contributed by atoms with van der Waals surface area (Å²) in [4.78, 5) is 4.53. The SMILES string of the molecule is c1ccc2cc(C3=NCCC3)ccc2c1. The van der Waals surface area contributed by atoms with E-state index in [-0.39, 0.29) is 0 Å². The van der Waals surface area contributed by atoms with Gasteiger partial charge in [0.15, 0.2) is 0 Å². The van der Waals surface area contributed by atoms with E-state index < -0.39 is 0 Å². The number of hydrogen-bond donors (Lipinski definition) is 0. The molecule has 2 aromatic rings. The van der Waals surface area contributed by atoms with E-state index in [0.29, 0.717) is 0 Å². The monoisotopic (exact) mass is 195 g/mol. The van der Waals surface area contributed by atoms with Gasteiger partial charge in [-0.1, -0.05) is 36.4 Å². The summed E-state index contributed by atoms with van der Waals surface area (Å²) in [5, 5.41) is 2.62. The molecule has 1 aliphatic rings. The molecule has 1 heteroatoms. The molecule has 0 bridgehead atoms. The lowest BCUT2D eigenvalue weighted by Crippen LogP contribution is -1.95. The van der Waals surface area contributed by atoms with Gasteiger partial charge in [0.2, 0.25) is 0 Å². The van der Waals surface area contributed by atoms with Gasteiger partial charge in [0.1, 0.15) is 0 Å². The minimum Gasteiger partial charge on any atom is -0.289 e. The molecular weight excluding hydrogens is 182 g/mol. The molecule has 0 aromatic heterocycles. The summed E-state index contributed by atoms with van der Waals surface area (Å²) in [6, 6.07) is 15.1. The molecule has 0 fully saturated rings. The molecule has 0 unspecified atom stereocenters. The Balaban J connectivity index is 2.13. The lowest BCUT2D eigenvalue weighted by molar-refractivity contribution is 0.951. The summed E-state index contributed by atoms with van der Waals surface area (Å²) in [7, 11) is 0. The van der Waals surface area contributed by atoms with Crippen molar-refractivity contribution >= 4 is 16.5 Å². The largest absolute Gasteiger partial charge is 0.289 e. The maximum Gasteiger partial charge on any atom is 0.0421 e. The fourth-order valence-electron chi connectivity index (χ4n) is 2.14. The molecule has 0 radical (unpaired) electrons. The molecule has 2 aromatic carbocycles. The molecule has 0 amide bonds. The molecule has 74 valence electrons. The van der Waals surface area contributed by atoms with Crippen LogP contribution in [-0.2, 0) is 0 Å². The minimum absolute atomic E-state index is 1.00. The molecule has 0 aliphatic carbocycles. The first-order valence-electron chi connectivity index (χ1n) is 5.46. The van der Waals surface area contributed by atoms with Gasteiger partial charge >= 0.3 is 0 Å². The predicted octanol–water partition coefficient (Wildman–Crippen LogP) is 3.42. The highest BCUT2D eigenvalue weighted by Crippen LogP contribution is 2.19. The van der Waals surface area contributed by atoms with Crippen molar-refractivity contribution in [2.75, 3.05) is 6.54 Å². The van der Waals surface area contributed by atoms with E-state index in [1.807, 2.05) is 0 Å². The third-order valence-corrected chi connectivity index (χ3v) is 2.96. The van der Waals surface area contributed by atoms with E-state index in [1.54, 1.807) is 0 Å². The Morgan fingerprint density at radius 1 is 0.933 bits per heavy atom. The first-order valence-corrected chi connectivity index (χ1v) is 5.46. The molecule has 3 rings (SSSR count). The molecule has 15 heavy (non-hydrogen) atoms. The summed E-state index contributed by atoms with van der Waals surface area (Å²) in [5.74, 6) is 0. The standard InChI is InChI=1S/C14H13N/c1-2-5-12-10-13(8-7-11(12)4-1)14-6-3-9-15-14/h1-2,4-5,7-8,10H,3,6,9H2. The van der Waals surface area contributed by atoms with Crippen molar-refractivity contribution < 1.29 is 0 Å². The van der Waals surface area contributed by atoms with Gasteiger partial charge in [0.25, 0.3) is 0 Å². The highest BCUT2D eigenvalue weighted by molar-refractivity contribution is 6.04. The predicted molar refractivity (Wildman–Crippen MR) is 64.6 cm³/mol. The van der Waals surface area contributed by atoms with Crippen molar-refractivity contribution in [1.82, 2.24) is 0 Å². The third kappa shape index (κ3) is 1.54. The zero-order chi connectivity index (χ0) is 10.1. The van der Waals surface area contributed by atoms with E-state index in [2.05, 4.69) is 47.5 Å². The van der Waals surface area contributed by atoms with E-state index in [1.165, 1.54) is 28.5 Å². The van der Waals surface area contributed by atoms with E-state index in [9.17, 15) is 0 Å². The minimum atomic E-state index is 1.00. The Morgan fingerprint density at radius 2 is 1.80 bits per heavy atom. The van der Waals surface area contributed by atoms with Crippen LogP contribution in [0.25, 0.3) is 10.8 Å². The molecular formula is C14H13N. The van der Waals surface area contributed by atoms with Crippen LogP contribution in [0.15, 0.2) is 47.5 Å². The molecule has 1 nitrogen and oxygen atoms in total. The van der Waals surface area contributed by atoms with Gasteiger partial charge in [-0.15, -0.1) is 0 Å². The van der Waals surface area contributed by atoms with Crippen molar-refractivity contribution in [2.24, 2.45) is 4.99 Å². The highest BCUT2D eigenvalue weighted by Gasteiger charge is 2.08. The van der Waals surface area contributed by atoms with Crippen LogP contribution in [0.3, 0.4) is 0 Å². The van der Waals surface area contributed by atoms with Crippen molar-refractivity contribution in [3.8, 4) is 0 Å². The third-order valence-electron chi connectivity index (χ3n) is 2.96. The fraction of sp³-hybridized carbons (Fsp3) is 0.214. The van der Waals surface area contributed by atoms with Gasteiger partial charge in [-0.05, 0) is 35.2 Å². The lowest BCUT2D eigenvalue weighted by Gasteiger charge is -2.02. The van der Waals surface area contributed by atoms with E-state index in [0.717, 1.165) is 13.0 Å². The normalized spacial score (nSPS) is 15.6. The van der Waals surface area contributed by atoms with Crippen molar-refractivity contribution in [2.45, 2.75) is 12.8 Å². The van der Waals surface area contributed by atoms with Crippen LogP contribution < -0.4 is 0 Å². The van der Waals surface area contributed by atoms with Gasteiger partial charge in [-0.3, -0.25) is 4.99 Å². The number of aliphatic imine (C=N–C) groups is 1. The number of rotatable bonds is 1. The molecule has 0 atom stereocenters. The summed E-state index contributed by atoms with van der Waals surface area (Å²) >= 11 is 0. The lowest BCUT2D eigenvalue weighted by atomic mass is 10.0. The Kier molecular flexibility index (Phi) is 2.02. The average Bonchev–Trinajstić information content (AvgIpc) is 2.82. The van der Waals surface area contributed by atoms with Gasteiger partial charge in [-0.25, -0.2) is 0 Å². The Labute approximate surface area is 89.5 Å². The van der Waals surface area contributed by atoms with Gasteiger partial charge in [0, 0.05) is 12.3 Å². The van der Waals surface area contributed by atoms with Crippen LogP contribution in [0.5, 0.6) is 0 Å². The van der Waals surface area contributed by atoms with Crippen LogP contribution in [0.4, 0.5) is 0 Å². The smallest absolute Gasteiger partial charge is 0.0421 e. The Hall–Kier alpha value is -1.63. The summed E-state index contributed by atoms with van der Waals surface area (Å²) < 4.78 is 0. The molecule has 0 saturated carbocycles. The first-order chi connectivity index (χ1) is 7.43. The molecule has 1 aliphatic heterocycles. The van der Waals surface area contributed by atoms with Crippen LogP contribution >= 0.6 is 0 Å². The second kappa shape index (κ2) is 3.50. The molecule has 1 heterocycles. The summed E-state index contributed by atoms with van der Waals surface area (Å²) in [5.41, 5.74) is 2.58. The second-order valence-corrected chi connectivity index (χ2v) is 3.99. The molecule has 0 N–H and O–H groups in total. The highest BCUT2D eigenvalue weighted by atomic mass is 14.8. The van der Waals surface area contributed by atoms with Gasteiger partial charge in [-0.2, -0.15) is 0 Å². The zero-order valence-electron chi connectivity index (χ0n) is 8.61. The Morgan fingerprint density at radius 3 is 2.60 bits per heavy atom. The first kappa shape index (κ1) is 8.66. The quantitative estimate of drug-likeness (QED) is 0.661. The number of hydrogen-bond acceptors (Lipinski definition) is 1.